The van der Waals surface area contributed by atoms with E-state index < -0.39 is 0 Å². The molecule has 22 heavy (non-hydrogen) atoms. The predicted molar refractivity (Wildman–Crippen MR) is 99.6 cm³/mol. The normalized spacial score (nSPS) is 26.4. The summed E-state index contributed by atoms with van der Waals surface area (Å²) in [6, 6.07) is 15.6. The molecule has 0 aliphatic heterocycles. The quantitative estimate of drug-likeness (QED) is 0.560. The van der Waals surface area contributed by atoms with Crippen LogP contribution in [0.5, 0.6) is 0 Å². The van der Waals surface area contributed by atoms with Crippen LogP contribution >= 0.6 is 11.8 Å². The molecule has 0 N–H and O–H groups in total. The first-order chi connectivity index (χ1) is 10.4. The van der Waals surface area contributed by atoms with Gasteiger partial charge in [-0.15, -0.1) is 11.8 Å². The Balaban J connectivity index is 1.88. The van der Waals surface area contributed by atoms with Gasteiger partial charge >= 0.3 is 0 Å². The summed E-state index contributed by atoms with van der Waals surface area (Å²) >= 11 is 2.09. The van der Waals surface area contributed by atoms with Crippen LogP contribution in [-0.4, -0.2) is 4.75 Å². The highest BCUT2D eigenvalue weighted by atomic mass is 32.2. The van der Waals surface area contributed by atoms with Gasteiger partial charge in [-0.1, -0.05) is 58.0 Å². The van der Waals surface area contributed by atoms with Crippen LogP contribution < -0.4 is 0 Å². The summed E-state index contributed by atoms with van der Waals surface area (Å²) in [7, 11) is 0. The minimum Gasteiger partial charge on any atom is -0.119 e. The summed E-state index contributed by atoms with van der Waals surface area (Å²) in [6.45, 7) is 12.2. The van der Waals surface area contributed by atoms with Gasteiger partial charge in [0.15, 0.2) is 0 Å². The molecule has 0 radical (unpaired) electrons. The van der Waals surface area contributed by atoms with Crippen molar-refractivity contribution in [3.05, 3.63) is 42.5 Å². The van der Waals surface area contributed by atoms with Crippen LogP contribution in [0.1, 0.15) is 47.5 Å². The number of benzene rings is 2. The van der Waals surface area contributed by atoms with Crippen molar-refractivity contribution in [2.24, 2.45) is 17.3 Å². The van der Waals surface area contributed by atoms with Crippen LogP contribution in [0.4, 0.5) is 0 Å². The highest BCUT2D eigenvalue weighted by molar-refractivity contribution is 8.00. The minimum atomic E-state index is 0.332. The summed E-state index contributed by atoms with van der Waals surface area (Å²) in [5, 5.41) is 2.69. The van der Waals surface area contributed by atoms with Crippen molar-refractivity contribution in [2.45, 2.75) is 57.1 Å². The van der Waals surface area contributed by atoms with Gasteiger partial charge in [0.1, 0.15) is 0 Å². The Morgan fingerprint density at radius 2 is 1.82 bits per heavy atom. The van der Waals surface area contributed by atoms with E-state index in [0.29, 0.717) is 10.2 Å². The van der Waals surface area contributed by atoms with E-state index in [1.807, 2.05) is 0 Å². The molecule has 0 heterocycles. The maximum absolute atomic E-state index is 2.48. The Labute approximate surface area is 139 Å². The molecule has 0 saturated heterocycles. The zero-order valence-corrected chi connectivity index (χ0v) is 15.3. The van der Waals surface area contributed by atoms with E-state index >= 15 is 0 Å². The maximum Gasteiger partial charge on any atom is 0.0209 e. The van der Waals surface area contributed by atoms with Crippen molar-refractivity contribution in [3.63, 3.8) is 0 Å². The SMILES string of the molecule is CCC(C)(Sc1ccc2ccccc2c1)C1CC(C)C1(C)C. The number of rotatable bonds is 4. The van der Waals surface area contributed by atoms with Gasteiger partial charge in [0, 0.05) is 9.64 Å². The molecular formula is C21H28S. The lowest BCUT2D eigenvalue weighted by molar-refractivity contribution is -0.0312. The standard InChI is InChI=1S/C21H28S/c1-6-21(5,19-13-15(2)20(19,3)4)22-18-12-11-16-9-7-8-10-17(16)14-18/h7-12,14-15,19H,6,13H2,1-5H3. The zero-order chi connectivity index (χ0) is 16.0. The van der Waals surface area contributed by atoms with E-state index in [4.69, 9.17) is 0 Å². The van der Waals surface area contributed by atoms with E-state index in [1.54, 1.807) is 0 Å². The molecule has 118 valence electrons. The van der Waals surface area contributed by atoms with Gasteiger partial charge in [0.05, 0.1) is 0 Å². The molecule has 1 aliphatic rings. The van der Waals surface area contributed by atoms with Gasteiger partial charge in [-0.2, -0.15) is 0 Å². The van der Waals surface area contributed by atoms with Crippen molar-refractivity contribution in [1.82, 2.24) is 0 Å². The first-order valence-electron chi connectivity index (χ1n) is 8.54. The van der Waals surface area contributed by atoms with Crippen LogP contribution in [0.3, 0.4) is 0 Å². The van der Waals surface area contributed by atoms with Crippen LogP contribution in [0.25, 0.3) is 10.8 Å². The maximum atomic E-state index is 2.48. The van der Waals surface area contributed by atoms with Gasteiger partial charge < -0.3 is 0 Å². The van der Waals surface area contributed by atoms with Crippen LogP contribution in [0.2, 0.25) is 0 Å². The van der Waals surface area contributed by atoms with E-state index in [2.05, 4.69) is 88.8 Å². The molecule has 0 aromatic heterocycles. The lowest BCUT2D eigenvalue weighted by Crippen LogP contribution is -2.53. The Morgan fingerprint density at radius 3 is 2.41 bits per heavy atom. The van der Waals surface area contributed by atoms with Gasteiger partial charge in [0.2, 0.25) is 0 Å². The zero-order valence-electron chi connectivity index (χ0n) is 14.5. The number of hydrogen-bond donors (Lipinski definition) is 0. The first-order valence-corrected chi connectivity index (χ1v) is 9.36. The molecule has 1 saturated carbocycles. The largest absolute Gasteiger partial charge is 0.119 e. The van der Waals surface area contributed by atoms with Gasteiger partial charge in [0.25, 0.3) is 0 Å². The van der Waals surface area contributed by atoms with Crippen molar-refractivity contribution in [2.75, 3.05) is 0 Å². The highest BCUT2D eigenvalue weighted by Crippen LogP contribution is 2.60. The Bertz CT molecular complexity index is 672. The fraction of sp³-hybridized carbons (Fsp3) is 0.524. The Hall–Kier alpha value is -0.950. The molecule has 1 fully saturated rings. The summed E-state index contributed by atoms with van der Waals surface area (Å²) < 4.78 is 0.332. The lowest BCUT2D eigenvalue weighted by Gasteiger charge is -2.58. The average molecular weight is 313 g/mol. The van der Waals surface area contributed by atoms with Crippen molar-refractivity contribution < 1.29 is 0 Å². The van der Waals surface area contributed by atoms with E-state index in [1.165, 1.54) is 28.5 Å². The van der Waals surface area contributed by atoms with Crippen molar-refractivity contribution in [3.8, 4) is 0 Å². The second kappa shape index (κ2) is 5.60. The third-order valence-electron chi connectivity index (χ3n) is 6.27. The fourth-order valence-corrected chi connectivity index (χ4v) is 5.62. The molecular weight excluding hydrogens is 284 g/mol. The summed E-state index contributed by atoms with van der Waals surface area (Å²) in [6.07, 6.45) is 2.60. The van der Waals surface area contributed by atoms with Crippen molar-refractivity contribution >= 4 is 22.5 Å². The van der Waals surface area contributed by atoms with E-state index in [9.17, 15) is 0 Å². The first kappa shape index (κ1) is 15.9. The van der Waals surface area contributed by atoms with Crippen molar-refractivity contribution in [1.29, 1.82) is 0 Å². The molecule has 0 amide bonds. The summed E-state index contributed by atoms with van der Waals surface area (Å²) in [4.78, 5) is 1.42. The molecule has 2 aromatic carbocycles. The van der Waals surface area contributed by atoms with Gasteiger partial charge in [-0.25, -0.2) is 0 Å². The van der Waals surface area contributed by atoms with Gasteiger partial charge in [-0.05, 0) is 59.9 Å². The topological polar surface area (TPSA) is 0 Å². The number of fused-ring (bicyclic) bond motifs is 1. The smallest absolute Gasteiger partial charge is 0.0209 e. The van der Waals surface area contributed by atoms with Crippen LogP contribution in [0.15, 0.2) is 47.4 Å². The highest BCUT2D eigenvalue weighted by Gasteiger charge is 2.53. The molecule has 1 heteroatoms. The molecule has 0 bridgehead atoms. The third kappa shape index (κ3) is 2.58. The van der Waals surface area contributed by atoms with Gasteiger partial charge in [-0.3, -0.25) is 0 Å². The molecule has 1 aliphatic carbocycles. The Morgan fingerprint density at radius 1 is 1.14 bits per heavy atom. The molecule has 2 aromatic rings. The molecule has 3 rings (SSSR count). The fourth-order valence-electron chi connectivity index (χ4n) is 4.07. The van der Waals surface area contributed by atoms with E-state index in [0.717, 1.165) is 11.8 Å². The minimum absolute atomic E-state index is 0.332. The monoisotopic (exact) mass is 312 g/mol. The number of hydrogen-bond acceptors (Lipinski definition) is 1. The predicted octanol–water partition coefficient (Wildman–Crippen LogP) is 6.78. The second-order valence-electron chi connectivity index (χ2n) is 7.79. The molecule has 0 spiro atoms. The van der Waals surface area contributed by atoms with Crippen LogP contribution in [-0.2, 0) is 0 Å². The third-order valence-corrected chi connectivity index (χ3v) is 7.80. The summed E-state index contributed by atoms with van der Waals surface area (Å²) in [5.74, 6) is 1.65. The number of thioether (sulfide) groups is 1. The second-order valence-corrected chi connectivity index (χ2v) is 9.40. The Kier molecular flexibility index (Phi) is 4.05. The summed E-state index contributed by atoms with van der Waals surface area (Å²) in [5.41, 5.74) is 0.467. The molecule has 3 atom stereocenters. The average Bonchev–Trinajstić information content (AvgIpc) is 2.52. The molecule has 3 unspecified atom stereocenters. The lowest BCUT2D eigenvalue weighted by atomic mass is 9.51. The van der Waals surface area contributed by atoms with Crippen LogP contribution in [0, 0.1) is 17.3 Å². The molecule has 0 nitrogen and oxygen atoms in total. The van der Waals surface area contributed by atoms with E-state index in [-0.39, 0.29) is 0 Å².